The number of ether oxygens (including phenoxy) is 1. The van der Waals surface area contributed by atoms with Gasteiger partial charge in [-0.15, -0.1) is 0 Å². The second-order valence-corrected chi connectivity index (χ2v) is 3.41. The van der Waals surface area contributed by atoms with Gasteiger partial charge in [0, 0.05) is 0 Å². The van der Waals surface area contributed by atoms with Crippen LogP contribution in [0.15, 0.2) is 16.6 Å². The van der Waals surface area contributed by atoms with Gasteiger partial charge in [0.05, 0.1) is 16.6 Å². The molecule has 0 amide bonds. The van der Waals surface area contributed by atoms with Gasteiger partial charge in [0.15, 0.2) is 11.6 Å². The zero-order chi connectivity index (χ0) is 11.4. The predicted octanol–water partition coefficient (Wildman–Crippen LogP) is 1.66. The average Bonchev–Trinajstić information content (AvgIpc) is 2.20. The fraction of sp³-hybridized carbons (Fsp3) is 0.222. The number of aliphatic hydroxyl groups is 1. The predicted molar refractivity (Wildman–Crippen MR) is 53.6 cm³/mol. The van der Waals surface area contributed by atoms with E-state index in [0.717, 1.165) is 0 Å². The molecule has 82 valence electrons. The second kappa shape index (κ2) is 5.09. The molecule has 0 fully saturated rings. The maximum atomic E-state index is 13.4. The number of benzene rings is 1. The van der Waals surface area contributed by atoms with Gasteiger partial charge in [-0.2, -0.15) is 0 Å². The van der Waals surface area contributed by atoms with E-state index in [1.165, 1.54) is 12.1 Å². The largest absolute Gasteiger partial charge is 0.488 e. The Kier molecular flexibility index (Phi) is 4.05. The van der Waals surface area contributed by atoms with E-state index in [9.17, 15) is 9.18 Å². The van der Waals surface area contributed by atoms with E-state index < -0.39 is 11.8 Å². The van der Waals surface area contributed by atoms with Crippen molar-refractivity contribution in [2.75, 3.05) is 13.2 Å². The molecule has 0 aliphatic heterocycles. The molecule has 15 heavy (non-hydrogen) atoms. The molecule has 0 bridgehead atoms. The molecule has 0 spiro atoms. The van der Waals surface area contributed by atoms with Crippen LogP contribution in [0.25, 0.3) is 0 Å². The lowest BCUT2D eigenvalue weighted by Crippen LogP contribution is -2.05. The first kappa shape index (κ1) is 11.9. The van der Waals surface area contributed by atoms with E-state index in [-0.39, 0.29) is 29.0 Å². The highest BCUT2D eigenvalue weighted by Gasteiger charge is 2.16. The Morgan fingerprint density at radius 3 is 2.73 bits per heavy atom. The van der Waals surface area contributed by atoms with E-state index in [0.29, 0.717) is 0 Å². The lowest BCUT2D eigenvalue weighted by Gasteiger charge is -2.08. The number of aliphatic hydroxyl groups excluding tert-OH is 1. The fourth-order valence-corrected chi connectivity index (χ4v) is 1.46. The number of halogens is 2. The molecule has 4 nitrogen and oxygen atoms in total. The van der Waals surface area contributed by atoms with Crippen LogP contribution in [-0.4, -0.2) is 29.4 Å². The standard InChI is InChI=1S/C9H8BrFO4/c10-7-5(9(13)14)1-2-6(8(7)11)15-4-3-12/h1-2,12H,3-4H2,(H,13,14). The van der Waals surface area contributed by atoms with Gasteiger partial charge in [-0.1, -0.05) is 0 Å². The first-order valence-corrected chi connectivity index (χ1v) is 4.82. The zero-order valence-corrected chi connectivity index (χ0v) is 9.12. The van der Waals surface area contributed by atoms with Crippen molar-refractivity contribution in [3.05, 3.63) is 28.0 Å². The topological polar surface area (TPSA) is 66.8 Å². The van der Waals surface area contributed by atoms with E-state index in [4.69, 9.17) is 14.9 Å². The molecule has 0 saturated heterocycles. The summed E-state index contributed by atoms with van der Waals surface area (Å²) in [7, 11) is 0. The molecule has 0 aliphatic carbocycles. The van der Waals surface area contributed by atoms with Crippen LogP contribution in [-0.2, 0) is 0 Å². The lowest BCUT2D eigenvalue weighted by molar-refractivity contribution is 0.0695. The minimum absolute atomic E-state index is 0.0459. The zero-order valence-electron chi connectivity index (χ0n) is 7.54. The Bertz CT molecular complexity index is 381. The lowest BCUT2D eigenvalue weighted by atomic mass is 10.2. The summed E-state index contributed by atoms with van der Waals surface area (Å²) >= 11 is 2.83. The molecule has 0 aliphatic rings. The maximum Gasteiger partial charge on any atom is 0.336 e. The second-order valence-electron chi connectivity index (χ2n) is 2.62. The van der Waals surface area contributed by atoms with Crippen molar-refractivity contribution in [3.63, 3.8) is 0 Å². The average molecular weight is 279 g/mol. The molecule has 1 rings (SSSR count). The van der Waals surface area contributed by atoms with Gasteiger partial charge in [0.25, 0.3) is 0 Å². The normalized spacial score (nSPS) is 10.1. The van der Waals surface area contributed by atoms with Crippen LogP contribution < -0.4 is 4.74 Å². The minimum Gasteiger partial charge on any atom is -0.488 e. The number of rotatable bonds is 4. The Morgan fingerprint density at radius 2 is 2.20 bits per heavy atom. The fourth-order valence-electron chi connectivity index (χ4n) is 0.964. The van der Waals surface area contributed by atoms with Crippen LogP contribution in [0.2, 0.25) is 0 Å². The monoisotopic (exact) mass is 278 g/mol. The number of aromatic carboxylic acids is 1. The van der Waals surface area contributed by atoms with Crippen LogP contribution in [0.3, 0.4) is 0 Å². The molecule has 0 atom stereocenters. The van der Waals surface area contributed by atoms with Crippen molar-refractivity contribution in [2.45, 2.75) is 0 Å². The summed E-state index contributed by atoms with van der Waals surface area (Å²) in [5, 5.41) is 17.2. The van der Waals surface area contributed by atoms with Gasteiger partial charge in [-0.3, -0.25) is 0 Å². The molecule has 1 aromatic carbocycles. The Labute approximate surface area is 93.4 Å². The number of hydrogen-bond donors (Lipinski definition) is 2. The molecule has 2 N–H and O–H groups in total. The number of carboxylic acid groups (broad SMARTS) is 1. The summed E-state index contributed by atoms with van der Waals surface area (Å²) in [6, 6.07) is 2.43. The summed E-state index contributed by atoms with van der Waals surface area (Å²) in [6.45, 7) is -0.284. The van der Waals surface area contributed by atoms with Gasteiger partial charge in [-0.25, -0.2) is 9.18 Å². The van der Waals surface area contributed by atoms with Gasteiger partial charge in [0.1, 0.15) is 6.61 Å². The SMILES string of the molecule is O=C(O)c1ccc(OCCO)c(F)c1Br. The quantitative estimate of drug-likeness (QED) is 0.879. The van der Waals surface area contributed by atoms with Crippen molar-refractivity contribution < 1.29 is 24.1 Å². The van der Waals surface area contributed by atoms with Crippen molar-refractivity contribution in [2.24, 2.45) is 0 Å². The molecule has 6 heteroatoms. The van der Waals surface area contributed by atoms with E-state index >= 15 is 0 Å². The van der Waals surface area contributed by atoms with Crippen molar-refractivity contribution in [1.82, 2.24) is 0 Å². The van der Waals surface area contributed by atoms with Crippen LogP contribution in [0, 0.1) is 5.82 Å². The van der Waals surface area contributed by atoms with Crippen LogP contribution in [0.1, 0.15) is 10.4 Å². The summed E-state index contributed by atoms with van der Waals surface area (Å²) in [5.74, 6) is -2.11. The number of hydrogen-bond acceptors (Lipinski definition) is 3. The maximum absolute atomic E-state index is 13.4. The third-order valence-corrected chi connectivity index (χ3v) is 2.40. The summed E-state index contributed by atoms with van der Waals surface area (Å²) in [4.78, 5) is 10.6. The Hall–Kier alpha value is -1.14. The number of carbonyl (C=O) groups is 1. The van der Waals surface area contributed by atoms with E-state index in [1.807, 2.05) is 0 Å². The van der Waals surface area contributed by atoms with Crippen molar-refractivity contribution in [3.8, 4) is 5.75 Å². The summed E-state index contributed by atoms with van der Waals surface area (Å²) in [6.07, 6.45) is 0. The van der Waals surface area contributed by atoms with Gasteiger partial charge < -0.3 is 14.9 Å². The molecule has 0 unspecified atom stereocenters. The molecule has 1 aromatic rings. The van der Waals surface area contributed by atoms with E-state index in [1.54, 1.807) is 0 Å². The molecule has 0 aromatic heterocycles. The number of carboxylic acids is 1. The summed E-state index contributed by atoms with van der Waals surface area (Å²) in [5.41, 5.74) is -0.177. The molecule has 0 saturated carbocycles. The minimum atomic E-state index is -1.23. The highest BCUT2D eigenvalue weighted by Crippen LogP contribution is 2.28. The molecule has 0 heterocycles. The summed E-state index contributed by atoms with van der Waals surface area (Å²) < 4.78 is 18.1. The third kappa shape index (κ3) is 2.66. The van der Waals surface area contributed by atoms with Gasteiger partial charge >= 0.3 is 5.97 Å². The molecular weight excluding hydrogens is 271 g/mol. The highest BCUT2D eigenvalue weighted by atomic mass is 79.9. The van der Waals surface area contributed by atoms with Crippen LogP contribution in [0.4, 0.5) is 4.39 Å². The highest BCUT2D eigenvalue weighted by molar-refractivity contribution is 9.10. The van der Waals surface area contributed by atoms with Crippen LogP contribution in [0.5, 0.6) is 5.75 Å². The van der Waals surface area contributed by atoms with Gasteiger partial charge in [-0.05, 0) is 28.1 Å². The van der Waals surface area contributed by atoms with Crippen molar-refractivity contribution >= 4 is 21.9 Å². The Morgan fingerprint density at radius 1 is 1.53 bits per heavy atom. The van der Waals surface area contributed by atoms with Crippen molar-refractivity contribution in [1.29, 1.82) is 0 Å². The third-order valence-electron chi connectivity index (χ3n) is 1.63. The Balaban J connectivity index is 3.04. The molecular formula is C9H8BrFO4. The van der Waals surface area contributed by atoms with E-state index in [2.05, 4.69) is 15.9 Å². The smallest absolute Gasteiger partial charge is 0.336 e. The first-order valence-electron chi connectivity index (χ1n) is 4.03. The van der Waals surface area contributed by atoms with Crippen LogP contribution >= 0.6 is 15.9 Å². The first-order chi connectivity index (χ1) is 7.07. The van der Waals surface area contributed by atoms with Gasteiger partial charge in [0.2, 0.25) is 0 Å². The molecule has 0 radical (unpaired) electrons.